The van der Waals surface area contributed by atoms with Crippen LogP contribution in [0, 0.1) is 6.92 Å². The topological polar surface area (TPSA) is 41.1 Å². The maximum atomic E-state index is 6.19. The van der Waals surface area contributed by atoms with Gasteiger partial charge < -0.3 is 10.2 Å². The van der Waals surface area contributed by atoms with Crippen LogP contribution in [0.15, 0.2) is 30.5 Å². The number of nitrogens with zero attached hydrogens (tertiary/aromatic N) is 3. The van der Waals surface area contributed by atoms with Crippen molar-refractivity contribution in [3.05, 3.63) is 41.0 Å². The van der Waals surface area contributed by atoms with E-state index in [9.17, 15) is 0 Å². The number of hydrogen-bond acceptors (Lipinski definition) is 4. The van der Waals surface area contributed by atoms with Gasteiger partial charge in [-0.2, -0.15) is 4.98 Å². The molecule has 0 saturated carbocycles. The van der Waals surface area contributed by atoms with E-state index in [4.69, 9.17) is 11.6 Å². The van der Waals surface area contributed by atoms with Crippen molar-refractivity contribution in [2.75, 3.05) is 23.8 Å². The van der Waals surface area contributed by atoms with Crippen molar-refractivity contribution in [1.29, 1.82) is 0 Å². The normalized spacial score (nSPS) is 10.3. The lowest BCUT2D eigenvalue weighted by molar-refractivity contribution is 1.05. The van der Waals surface area contributed by atoms with Crippen LogP contribution in [0.1, 0.15) is 12.5 Å². The molecule has 0 saturated heterocycles. The third kappa shape index (κ3) is 3.15. The first-order valence-corrected chi connectivity index (χ1v) is 6.56. The Bertz CT molecular complexity index is 571. The molecule has 0 atom stereocenters. The Morgan fingerprint density at radius 3 is 2.84 bits per heavy atom. The number of hydrogen-bond donors (Lipinski definition) is 1. The van der Waals surface area contributed by atoms with Gasteiger partial charge in [-0.1, -0.05) is 23.7 Å². The van der Waals surface area contributed by atoms with Gasteiger partial charge in [0.2, 0.25) is 5.95 Å². The lowest BCUT2D eigenvalue weighted by Crippen LogP contribution is -2.14. The molecule has 0 aliphatic heterocycles. The van der Waals surface area contributed by atoms with Crippen LogP contribution in [-0.4, -0.2) is 23.6 Å². The summed E-state index contributed by atoms with van der Waals surface area (Å²) in [7, 11) is 1.94. The van der Waals surface area contributed by atoms with E-state index in [-0.39, 0.29) is 0 Å². The second-order valence-corrected chi connectivity index (χ2v) is 4.70. The average molecular weight is 277 g/mol. The molecule has 0 aliphatic carbocycles. The van der Waals surface area contributed by atoms with Crippen LogP contribution in [-0.2, 0) is 0 Å². The maximum absolute atomic E-state index is 6.19. The molecule has 0 fully saturated rings. The molecule has 1 aromatic carbocycles. The van der Waals surface area contributed by atoms with Crippen LogP contribution in [0.4, 0.5) is 17.5 Å². The van der Waals surface area contributed by atoms with Gasteiger partial charge in [-0.3, -0.25) is 0 Å². The molecule has 5 heteroatoms. The van der Waals surface area contributed by atoms with Crippen molar-refractivity contribution in [3.8, 4) is 0 Å². The Morgan fingerprint density at radius 1 is 1.37 bits per heavy atom. The van der Waals surface area contributed by atoms with Gasteiger partial charge in [0.1, 0.15) is 5.02 Å². The SMILES string of the molecule is CCNc1ncc(Cl)c(N(C)c2cccc(C)c2)n1. The first kappa shape index (κ1) is 13.6. The van der Waals surface area contributed by atoms with E-state index in [2.05, 4.69) is 34.3 Å². The minimum absolute atomic E-state index is 0.533. The molecule has 1 heterocycles. The fourth-order valence-electron chi connectivity index (χ4n) is 1.80. The summed E-state index contributed by atoms with van der Waals surface area (Å²) >= 11 is 6.19. The first-order chi connectivity index (χ1) is 9.11. The number of nitrogens with one attached hydrogen (secondary N) is 1. The molecule has 0 radical (unpaired) electrons. The summed E-state index contributed by atoms with van der Waals surface area (Å²) in [6.45, 7) is 4.83. The highest BCUT2D eigenvalue weighted by Gasteiger charge is 2.11. The fourth-order valence-corrected chi connectivity index (χ4v) is 2.01. The van der Waals surface area contributed by atoms with Crippen LogP contribution in [0.25, 0.3) is 0 Å². The van der Waals surface area contributed by atoms with Crippen LogP contribution in [0.3, 0.4) is 0 Å². The summed E-state index contributed by atoms with van der Waals surface area (Å²) < 4.78 is 0. The smallest absolute Gasteiger partial charge is 0.224 e. The molecule has 0 unspecified atom stereocenters. The average Bonchev–Trinajstić information content (AvgIpc) is 2.40. The van der Waals surface area contributed by atoms with Gasteiger partial charge in [-0.25, -0.2) is 4.98 Å². The van der Waals surface area contributed by atoms with E-state index < -0.39 is 0 Å². The van der Waals surface area contributed by atoms with Crippen LogP contribution >= 0.6 is 11.6 Å². The fraction of sp³-hybridized carbons (Fsp3) is 0.286. The molecule has 0 amide bonds. The summed E-state index contributed by atoms with van der Waals surface area (Å²) in [6, 6.07) is 8.19. The predicted octanol–water partition coefficient (Wildman–Crippen LogP) is 3.64. The molecule has 2 rings (SSSR count). The van der Waals surface area contributed by atoms with Crippen LogP contribution < -0.4 is 10.2 Å². The largest absolute Gasteiger partial charge is 0.354 e. The molecular weight excluding hydrogens is 260 g/mol. The summed E-state index contributed by atoms with van der Waals surface area (Å²) in [6.07, 6.45) is 1.62. The van der Waals surface area contributed by atoms with E-state index in [1.54, 1.807) is 6.20 Å². The van der Waals surface area contributed by atoms with E-state index in [0.29, 0.717) is 16.8 Å². The summed E-state index contributed by atoms with van der Waals surface area (Å²) in [5.74, 6) is 1.28. The number of aryl methyl sites for hydroxylation is 1. The van der Waals surface area contributed by atoms with Crippen molar-refractivity contribution < 1.29 is 0 Å². The third-order valence-electron chi connectivity index (χ3n) is 2.77. The van der Waals surface area contributed by atoms with Crippen LogP contribution in [0.5, 0.6) is 0 Å². The zero-order valence-electron chi connectivity index (χ0n) is 11.3. The Labute approximate surface area is 118 Å². The van der Waals surface area contributed by atoms with Crippen molar-refractivity contribution >= 4 is 29.1 Å². The third-order valence-corrected chi connectivity index (χ3v) is 3.03. The van der Waals surface area contributed by atoms with Crippen molar-refractivity contribution in [2.24, 2.45) is 0 Å². The van der Waals surface area contributed by atoms with Crippen LogP contribution in [0.2, 0.25) is 5.02 Å². The Balaban J connectivity index is 2.37. The highest BCUT2D eigenvalue weighted by molar-refractivity contribution is 6.33. The van der Waals surface area contributed by atoms with Gasteiger partial charge in [0, 0.05) is 19.3 Å². The molecule has 4 nitrogen and oxygen atoms in total. The molecule has 2 aromatic rings. The van der Waals surface area contributed by atoms with Crippen molar-refractivity contribution in [3.63, 3.8) is 0 Å². The predicted molar refractivity (Wildman–Crippen MR) is 80.4 cm³/mol. The summed E-state index contributed by atoms with van der Waals surface area (Å²) in [5.41, 5.74) is 2.24. The first-order valence-electron chi connectivity index (χ1n) is 6.18. The molecule has 19 heavy (non-hydrogen) atoms. The number of rotatable bonds is 4. The van der Waals surface area contributed by atoms with Crippen molar-refractivity contribution in [2.45, 2.75) is 13.8 Å². The molecular formula is C14H17ClN4. The number of halogens is 1. The van der Waals surface area contributed by atoms with Crippen molar-refractivity contribution in [1.82, 2.24) is 9.97 Å². The summed E-state index contributed by atoms with van der Waals surface area (Å²) in [5, 5.41) is 3.62. The summed E-state index contributed by atoms with van der Waals surface area (Å²) in [4.78, 5) is 10.5. The molecule has 1 aromatic heterocycles. The maximum Gasteiger partial charge on any atom is 0.224 e. The van der Waals surface area contributed by atoms with Gasteiger partial charge in [0.15, 0.2) is 5.82 Å². The zero-order chi connectivity index (χ0) is 13.8. The number of aromatic nitrogens is 2. The second-order valence-electron chi connectivity index (χ2n) is 4.29. The second kappa shape index (κ2) is 5.89. The zero-order valence-corrected chi connectivity index (χ0v) is 12.1. The molecule has 100 valence electrons. The highest BCUT2D eigenvalue weighted by atomic mass is 35.5. The van der Waals surface area contributed by atoms with Gasteiger partial charge in [0.05, 0.1) is 6.20 Å². The Kier molecular flexibility index (Phi) is 4.22. The van der Waals surface area contributed by atoms with E-state index in [1.165, 1.54) is 5.56 Å². The molecule has 0 bridgehead atoms. The van der Waals surface area contributed by atoms with Gasteiger partial charge in [-0.15, -0.1) is 0 Å². The molecule has 1 N–H and O–H groups in total. The van der Waals surface area contributed by atoms with E-state index in [0.717, 1.165) is 12.2 Å². The monoisotopic (exact) mass is 276 g/mol. The minimum Gasteiger partial charge on any atom is -0.354 e. The number of anilines is 3. The molecule has 0 spiro atoms. The quantitative estimate of drug-likeness (QED) is 0.926. The standard InChI is InChI=1S/C14H17ClN4/c1-4-16-14-17-9-12(15)13(18-14)19(3)11-7-5-6-10(2)8-11/h5-9H,4H2,1-3H3,(H,16,17,18). The van der Waals surface area contributed by atoms with Gasteiger partial charge in [0.25, 0.3) is 0 Å². The number of benzene rings is 1. The van der Waals surface area contributed by atoms with E-state index in [1.807, 2.05) is 31.0 Å². The van der Waals surface area contributed by atoms with E-state index >= 15 is 0 Å². The Morgan fingerprint density at radius 2 is 2.16 bits per heavy atom. The highest BCUT2D eigenvalue weighted by Crippen LogP contribution is 2.29. The molecule has 0 aliphatic rings. The lowest BCUT2D eigenvalue weighted by Gasteiger charge is -2.20. The Hall–Kier alpha value is -1.81. The minimum atomic E-state index is 0.533. The van der Waals surface area contributed by atoms with Gasteiger partial charge >= 0.3 is 0 Å². The van der Waals surface area contributed by atoms with Gasteiger partial charge in [-0.05, 0) is 31.5 Å². The lowest BCUT2D eigenvalue weighted by atomic mass is 10.2.